The molecule has 1 heterocycles. The van der Waals surface area contributed by atoms with Gasteiger partial charge in [-0.1, -0.05) is 30.1 Å². The molecule has 20 heavy (non-hydrogen) atoms. The summed E-state index contributed by atoms with van der Waals surface area (Å²) < 4.78 is 13.9. The Morgan fingerprint density at radius 2 is 2.10 bits per heavy atom. The van der Waals surface area contributed by atoms with Crippen LogP contribution in [0.25, 0.3) is 0 Å². The van der Waals surface area contributed by atoms with Gasteiger partial charge in [0.2, 0.25) is 5.91 Å². The number of carbonyl (C=O) groups is 1. The molecule has 1 aliphatic carbocycles. The molecule has 108 valence electrons. The Morgan fingerprint density at radius 3 is 2.75 bits per heavy atom. The average molecular weight is 316 g/mol. The Hall–Kier alpha value is -0.800. The Balaban J connectivity index is 1.82. The number of amides is 1. The third-order valence-electron chi connectivity index (χ3n) is 4.51. The fourth-order valence-corrected chi connectivity index (χ4v) is 3.53. The highest BCUT2D eigenvalue weighted by Gasteiger charge is 2.49. The highest BCUT2D eigenvalue weighted by Crippen LogP contribution is 2.51. The van der Waals surface area contributed by atoms with Crippen molar-refractivity contribution in [2.24, 2.45) is 11.3 Å². The van der Waals surface area contributed by atoms with Crippen molar-refractivity contribution in [2.45, 2.75) is 32.7 Å². The van der Waals surface area contributed by atoms with E-state index in [1.807, 2.05) is 0 Å². The van der Waals surface area contributed by atoms with E-state index in [1.165, 1.54) is 25.0 Å². The predicted octanol–water partition coefficient (Wildman–Crippen LogP) is 4.28. The molecule has 0 spiro atoms. The molecule has 1 amide bonds. The molecule has 1 aromatic carbocycles. The maximum absolute atomic E-state index is 13.9. The smallest absolute Gasteiger partial charge is 0.223 e. The van der Waals surface area contributed by atoms with Gasteiger partial charge in [-0.15, -0.1) is 0 Å². The van der Waals surface area contributed by atoms with E-state index in [4.69, 9.17) is 23.2 Å². The number of hydrogen-bond acceptors (Lipinski definition) is 1. The van der Waals surface area contributed by atoms with Gasteiger partial charge in [-0.05, 0) is 36.3 Å². The molecular weight excluding hydrogens is 300 g/mol. The Labute approximate surface area is 127 Å². The van der Waals surface area contributed by atoms with Crippen LogP contribution in [0.5, 0.6) is 0 Å². The SMILES string of the molecule is C[C@]1(C2CC2)CC(=O)N(Cc2c(F)ccc(Cl)c2Cl)C1. The first kappa shape index (κ1) is 14.2. The van der Waals surface area contributed by atoms with Crippen LogP contribution in [0.15, 0.2) is 12.1 Å². The molecule has 1 aliphatic heterocycles. The second-order valence-corrected chi connectivity index (χ2v) is 6.96. The predicted molar refractivity (Wildman–Crippen MR) is 77.3 cm³/mol. The van der Waals surface area contributed by atoms with Gasteiger partial charge in [-0.2, -0.15) is 0 Å². The third-order valence-corrected chi connectivity index (χ3v) is 5.35. The Morgan fingerprint density at radius 1 is 1.40 bits per heavy atom. The topological polar surface area (TPSA) is 20.3 Å². The van der Waals surface area contributed by atoms with E-state index in [1.54, 1.807) is 4.90 Å². The summed E-state index contributed by atoms with van der Waals surface area (Å²) in [5, 5.41) is 0.527. The summed E-state index contributed by atoms with van der Waals surface area (Å²) >= 11 is 12.0. The van der Waals surface area contributed by atoms with Crippen molar-refractivity contribution in [3.05, 3.63) is 33.6 Å². The van der Waals surface area contributed by atoms with Crippen molar-refractivity contribution in [3.63, 3.8) is 0 Å². The first-order valence-corrected chi connectivity index (χ1v) is 7.56. The lowest BCUT2D eigenvalue weighted by Gasteiger charge is -2.24. The van der Waals surface area contributed by atoms with Gasteiger partial charge in [0.25, 0.3) is 0 Å². The zero-order chi connectivity index (χ0) is 14.5. The lowest BCUT2D eigenvalue weighted by atomic mass is 9.84. The van der Waals surface area contributed by atoms with E-state index in [-0.39, 0.29) is 22.9 Å². The van der Waals surface area contributed by atoms with E-state index in [0.29, 0.717) is 29.5 Å². The van der Waals surface area contributed by atoms with E-state index < -0.39 is 5.82 Å². The van der Waals surface area contributed by atoms with Gasteiger partial charge in [0.15, 0.2) is 0 Å². The fraction of sp³-hybridized carbons (Fsp3) is 0.533. The molecule has 0 aromatic heterocycles. The molecule has 2 fully saturated rings. The average Bonchev–Trinajstić information content (AvgIpc) is 3.19. The maximum atomic E-state index is 13.9. The molecule has 0 unspecified atom stereocenters. The van der Waals surface area contributed by atoms with E-state index in [0.717, 1.165) is 0 Å². The van der Waals surface area contributed by atoms with Crippen LogP contribution in [0.4, 0.5) is 4.39 Å². The van der Waals surface area contributed by atoms with Crippen molar-refractivity contribution in [1.82, 2.24) is 4.90 Å². The summed E-state index contributed by atoms with van der Waals surface area (Å²) in [6.45, 7) is 3.03. The van der Waals surface area contributed by atoms with Gasteiger partial charge in [0, 0.05) is 18.5 Å². The van der Waals surface area contributed by atoms with Crippen LogP contribution in [0.3, 0.4) is 0 Å². The Kier molecular flexibility index (Phi) is 3.46. The number of hydrogen-bond donors (Lipinski definition) is 0. The summed E-state index contributed by atoms with van der Waals surface area (Å²) in [6.07, 6.45) is 2.95. The van der Waals surface area contributed by atoms with Crippen LogP contribution in [-0.4, -0.2) is 17.4 Å². The van der Waals surface area contributed by atoms with Crippen LogP contribution in [0.2, 0.25) is 10.0 Å². The van der Waals surface area contributed by atoms with E-state index in [9.17, 15) is 9.18 Å². The zero-order valence-electron chi connectivity index (χ0n) is 11.3. The summed E-state index contributed by atoms with van der Waals surface area (Å²) in [6, 6.07) is 2.73. The van der Waals surface area contributed by atoms with Gasteiger partial charge in [0.05, 0.1) is 16.6 Å². The van der Waals surface area contributed by atoms with Gasteiger partial charge in [-0.25, -0.2) is 4.39 Å². The van der Waals surface area contributed by atoms with Crippen LogP contribution < -0.4 is 0 Å². The monoisotopic (exact) mass is 315 g/mol. The molecule has 3 rings (SSSR count). The molecule has 0 bridgehead atoms. The highest BCUT2D eigenvalue weighted by atomic mass is 35.5. The van der Waals surface area contributed by atoms with Crippen molar-refractivity contribution in [1.29, 1.82) is 0 Å². The van der Waals surface area contributed by atoms with E-state index >= 15 is 0 Å². The highest BCUT2D eigenvalue weighted by molar-refractivity contribution is 6.42. The minimum Gasteiger partial charge on any atom is -0.338 e. The largest absolute Gasteiger partial charge is 0.338 e. The molecule has 1 aromatic rings. The Bertz CT molecular complexity index is 573. The number of halogens is 3. The minimum absolute atomic E-state index is 0.0403. The summed E-state index contributed by atoms with van der Waals surface area (Å²) in [5.74, 6) is 0.304. The third kappa shape index (κ3) is 2.42. The first-order chi connectivity index (χ1) is 9.40. The summed E-state index contributed by atoms with van der Waals surface area (Å²) in [4.78, 5) is 13.9. The minimum atomic E-state index is -0.410. The number of rotatable bonds is 3. The summed E-state index contributed by atoms with van der Waals surface area (Å²) in [5.41, 5.74) is 0.353. The van der Waals surface area contributed by atoms with Gasteiger partial charge >= 0.3 is 0 Å². The number of benzene rings is 1. The molecule has 1 saturated carbocycles. The second kappa shape index (κ2) is 4.88. The molecule has 5 heteroatoms. The van der Waals surface area contributed by atoms with Crippen LogP contribution in [0, 0.1) is 17.2 Å². The van der Waals surface area contributed by atoms with Crippen molar-refractivity contribution < 1.29 is 9.18 Å². The molecule has 0 radical (unpaired) electrons. The van der Waals surface area contributed by atoms with Gasteiger partial charge in [-0.3, -0.25) is 4.79 Å². The van der Waals surface area contributed by atoms with E-state index in [2.05, 4.69) is 6.92 Å². The van der Waals surface area contributed by atoms with Crippen LogP contribution in [-0.2, 0) is 11.3 Å². The van der Waals surface area contributed by atoms with Crippen molar-refractivity contribution in [3.8, 4) is 0 Å². The molecule has 2 aliphatic rings. The molecule has 0 N–H and O–H groups in total. The maximum Gasteiger partial charge on any atom is 0.223 e. The molecular formula is C15H16Cl2FNO. The van der Waals surface area contributed by atoms with Crippen LogP contribution >= 0.6 is 23.2 Å². The molecule has 2 nitrogen and oxygen atoms in total. The second-order valence-electron chi connectivity index (χ2n) is 6.18. The van der Waals surface area contributed by atoms with Crippen molar-refractivity contribution in [2.75, 3.05) is 6.54 Å². The van der Waals surface area contributed by atoms with Crippen LogP contribution in [0.1, 0.15) is 31.7 Å². The fourth-order valence-electron chi connectivity index (χ4n) is 3.14. The normalized spacial score (nSPS) is 26.4. The first-order valence-electron chi connectivity index (χ1n) is 6.81. The quantitative estimate of drug-likeness (QED) is 0.762. The molecule has 1 atom stereocenters. The lowest BCUT2D eigenvalue weighted by Crippen LogP contribution is -2.28. The van der Waals surface area contributed by atoms with Crippen molar-refractivity contribution >= 4 is 29.1 Å². The number of nitrogens with zero attached hydrogens (tertiary/aromatic N) is 1. The zero-order valence-corrected chi connectivity index (χ0v) is 12.8. The van der Waals surface area contributed by atoms with Gasteiger partial charge < -0.3 is 4.90 Å². The standard InChI is InChI=1S/C15H16Cl2FNO/c1-15(9-2-3-9)6-13(20)19(8-15)7-10-12(18)5-4-11(16)14(10)17/h4-5,9H,2-3,6-8H2,1H3/t15-/m0/s1. The lowest BCUT2D eigenvalue weighted by molar-refractivity contribution is -0.128. The number of likely N-dealkylation sites (tertiary alicyclic amines) is 1. The molecule has 1 saturated heterocycles. The summed E-state index contributed by atoms with van der Waals surface area (Å²) in [7, 11) is 0. The number of carbonyl (C=O) groups excluding carboxylic acids is 1. The van der Waals surface area contributed by atoms with Gasteiger partial charge in [0.1, 0.15) is 5.82 Å².